The van der Waals surface area contributed by atoms with E-state index in [1.807, 2.05) is 61.5 Å². The molecule has 0 aliphatic carbocycles. The van der Waals surface area contributed by atoms with Gasteiger partial charge in [0.15, 0.2) is 5.69 Å². The molecule has 1 aromatic heterocycles. The van der Waals surface area contributed by atoms with E-state index in [4.69, 9.17) is 9.47 Å². The number of hydrogen-bond acceptors (Lipinski definition) is 10. The minimum Gasteiger partial charge on any atom is -0.444 e. The molecule has 2 heterocycles. The Labute approximate surface area is 348 Å². The fourth-order valence-electron chi connectivity index (χ4n) is 6.38. The third-order valence-electron chi connectivity index (χ3n) is 9.34. The number of pyridine rings is 1. The highest BCUT2D eigenvalue weighted by atomic mass is 19.1. The van der Waals surface area contributed by atoms with Crippen molar-refractivity contribution in [2.75, 3.05) is 64.3 Å². The molecule has 1 saturated heterocycles. The van der Waals surface area contributed by atoms with Gasteiger partial charge < -0.3 is 29.9 Å². The molecule has 15 nitrogen and oxygen atoms in total. The Morgan fingerprint density at radius 3 is 2.28 bits per heavy atom. The molecule has 0 bridgehead atoms. The average Bonchev–Trinajstić information content (AvgIpc) is 3.23. The van der Waals surface area contributed by atoms with E-state index in [-0.39, 0.29) is 68.7 Å². The van der Waals surface area contributed by atoms with Gasteiger partial charge in [-0.05, 0) is 62.6 Å². The summed E-state index contributed by atoms with van der Waals surface area (Å²) in [7, 11) is 0. The van der Waals surface area contributed by atoms with Gasteiger partial charge in [-0.1, -0.05) is 60.7 Å². The highest BCUT2D eigenvalue weighted by molar-refractivity contribution is 6.04. The van der Waals surface area contributed by atoms with Crippen LogP contribution in [0.25, 0.3) is 11.1 Å². The van der Waals surface area contributed by atoms with Gasteiger partial charge in [-0.2, -0.15) is 5.10 Å². The smallest absolute Gasteiger partial charge is 0.412 e. The Hall–Kier alpha value is -6.52. The van der Waals surface area contributed by atoms with E-state index < -0.39 is 29.3 Å². The van der Waals surface area contributed by atoms with Crippen LogP contribution in [0.2, 0.25) is 0 Å². The number of carbonyl (C=O) groups is 5. The van der Waals surface area contributed by atoms with Crippen LogP contribution in [0.5, 0.6) is 0 Å². The Kier molecular flexibility index (Phi) is 16.0. The molecule has 16 heteroatoms. The fourth-order valence-corrected chi connectivity index (χ4v) is 6.38. The summed E-state index contributed by atoms with van der Waals surface area (Å²) in [5, 5.41) is 12.7. The molecule has 0 radical (unpaired) electrons. The van der Waals surface area contributed by atoms with Gasteiger partial charge >= 0.3 is 6.09 Å². The Morgan fingerprint density at radius 1 is 0.867 bits per heavy atom. The largest absolute Gasteiger partial charge is 0.444 e. The number of anilines is 1. The topological polar surface area (TPSA) is 184 Å². The van der Waals surface area contributed by atoms with Crippen molar-refractivity contribution in [1.82, 2.24) is 30.8 Å². The lowest BCUT2D eigenvalue weighted by molar-refractivity contribution is -0.131. The second-order valence-electron chi connectivity index (χ2n) is 14.9. The molecule has 316 valence electrons. The van der Waals surface area contributed by atoms with E-state index in [1.54, 1.807) is 44.0 Å². The van der Waals surface area contributed by atoms with E-state index in [0.717, 1.165) is 16.7 Å². The number of rotatable bonds is 17. The van der Waals surface area contributed by atoms with E-state index >= 15 is 0 Å². The second-order valence-corrected chi connectivity index (χ2v) is 14.9. The third kappa shape index (κ3) is 13.0. The minimum atomic E-state index is -0.740. The number of halogens is 1. The van der Waals surface area contributed by atoms with Crippen molar-refractivity contribution < 1.29 is 37.8 Å². The van der Waals surface area contributed by atoms with Crippen molar-refractivity contribution >= 4 is 41.6 Å². The quantitative estimate of drug-likeness (QED) is 0.0514. The summed E-state index contributed by atoms with van der Waals surface area (Å²) >= 11 is 0. The molecular weight excluding hydrogens is 772 g/mol. The van der Waals surface area contributed by atoms with Crippen LogP contribution >= 0.6 is 0 Å². The van der Waals surface area contributed by atoms with Crippen LogP contribution in [0.4, 0.5) is 14.9 Å². The molecule has 3 aromatic carbocycles. The van der Waals surface area contributed by atoms with Gasteiger partial charge in [-0.15, -0.1) is 0 Å². The second kappa shape index (κ2) is 21.5. The molecule has 0 saturated carbocycles. The standard InChI is InChI=1S/C44H51FN8O7/c1-30-10-8-9-13-34(30)37(51-49-29-54)25-31-14-15-36(45)35(24-31)42(57)53-20-18-52(19-21-53)39(55)28-46-16-22-59-23-17-47-41(56)40-38(50-43(58)60-44(2,3)4)26-33(27-48-40)32-11-6-5-7-12-32/h5-15,24,26-27,29,46H,16-23,25,28H2,1-4H3,(H,47,56)(H,49,54)(H,50,58)/b51-37-. The maximum Gasteiger partial charge on any atom is 0.412 e. The van der Waals surface area contributed by atoms with Crippen LogP contribution in [0.15, 0.2) is 90.2 Å². The van der Waals surface area contributed by atoms with Crippen LogP contribution in [-0.4, -0.2) is 115 Å². The van der Waals surface area contributed by atoms with Crippen LogP contribution in [-0.2, 0) is 25.5 Å². The van der Waals surface area contributed by atoms with Gasteiger partial charge in [0.1, 0.15) is 11.4 Å². The Morgan fingerprint density at radius 2 is 1.57 bits per heavy atom. The number of nitrogens with zero attached hydrogens (tertiary/aromatic N) is 4. The van der Waals surface area contributed by atoms with Crippen molar-refractivity contribution in [2.45, 2.75) is 39.7 Å². The molecule has 1 aliphatic rings. The fraction of sp³-hybridized carbons (Fsp3) is 0.341. The lowest BCUT2D eigenvalue weighted by Gasteiger charge is -2.35. The minimum absolute atomic E-state index is 0.0203. The van der Waals surface area contributed by atoms with Crippen molar-refractivity contribution in [3.63, 3.8) is 0 Å². The van der Waals surface area contributed by atoms with Crippen LogP contribution < -0.4 is 21.4 Å². The highest BCUT2D eigenvalue weighted by Crippen LogP contribution is 2.25. The van der Waals surface area contributed by atoms with Crippen molar-refractivity contribution in [1.29, 1.82) is 0 Å². The summed E-state index contributed by atoms with van der Waals surface area (Å²) < 4.78 is 26.0. The number of ether oxygens (including phenoxy) is 2. The molecule has 1 fully saturated rings. The number of nitrogens with one attached hydrogen (secondary N) is 4. The SMILES string of the molecule is Cc1ccccc1/C(Cc1ccc(F)c(C(=O)N2CCN(C(=O)CNCCOCCNC(=O)c3ncc(-c4ccccc4)cc3NC(=O)OC(C)(C)C)CC2)c1)=N\NC=O. The highest BCUT2D eigenvalue weighted by Gasteiger charge is 2.27. The Balaban J connectivity index is 1.02. The molecule has 0 unspecified atom stereocenters. The molecule has 1 aliphatic heterocycles. The first kappa shape index (κ1) is 44.6. The summed E-state index contributed by atoms with van der Waals surface area (Å²) in [6.07, 6.45) is 1.57. The number of benzene rings is 3. The van der Waals surface area contributed by atoms with Crippen LogP contribution in [0, 0.1) is 12.7 Å². The summed E-state index contributed by atoms with van der Waals surface area (Å²) in [4.78, 5) is 70.5. The predicted octanol–water partition coefficient (Wildman–Crippen LogP) is 4.56. The van der Waals surface area contributed by atoms with Gasteiger partial charge in [-0.25, -0.2) is 19.6 Å². The van der Waals surface area contributed by atoms with Crippen molar-refractivity contribution in [2.24, 2.45) is 5.10 Å². The lowest BCUT2D eigenvalue weighted by Crippen LogP contribution is -2.52. The molecular formula is C44H51FN8O7. The van der Waals surface area contributed by atoms with E-state index in [9.17, 15) is 28.4 Å². The molecule has 4 N–H and O–H groups in total. The maximum absolute atomic E-state index is 15.0. The summed E-state index contributed by atoms with van der Waals surface area (Å²) in [6, 6.07) is 23.0. The molecule has 60 heavy (non-hydrogen) atoms. The zero-order valence-corrected chi connectivity index (χ0v) is 34.3. The van der Waals surface area contributed by atoms with Gasteiger partial charge in [0.05, 0.1) is 36.7 Å². The average molecular weight is 823 g/mol. The number of amides is 5. The molecule has 4 aromatic rings. The van der Waals surface area contributed by atoms with E-state index in [0.29, 0.717) is 42.9 Å². The maximum atomic E-state index is 15.0. The number of carbonyl (C=O) groups excluding carboxylic acids is 5. The van der Waals surface area contributed by atoms with E-state index in [2.05, 4.69) is 31.5 Å². The number of hydrogen-bond donors (Lipinski definition) is 4. The summed E-state index contributed by atoms with van der Waals surface area (Å²) in [5.74, 6) is -1.76. The van der Waals surface area contributed by atoms with Gasteiger partial charge in [-0.3, -0.25) is 24.5 Å². The van der Waals surface area contributed by atoms with E-state index in [1.165, 1.54) is 17.0 Å². The summed E-state index contributed by atoms with van der Waals surface area (Å²) in [6.45, 7) is 9.30. The zero-order chi connectivity index (χ0) is 43.1. The first-order valence-electron chi connectivity index (χ1n) is 19.6. The normalized spacial score (nSPS) is 13.1. The number of aromatic nitrogens is 1. The number of aryl methyl sites for hydroxylation is 1. The first-order valence-corrected chi connectivity index (χ1v) is 19.6. The molecule has 5 rings (SSSR count). The third-order valence-corrected chi connectivity index (χ3v) is 9.34. The van der Waals surface area contributed by atoms with Crippen LogP contribution in [0.3, 0.4) is 0 Å². The Bertz CT molecular complexity index is 2170. The van der Waals surface area contributed by atoms with Crippen molar-refractivity contribution in [3.05, 3.63) is 119 Å². The first-order chi connectivity index (χ1) is 28.8. The summed E-state index contributed by atoms with van der Waals surface area (Å²) in [5.41, 5.74) is 6.30. The van der Waals surface area contributed by atoms with Crippen molar-refractivity contribution in [3.8, 4) is 11.1 Å². The molecule has 0 atom stereocenters. The van der Waals surface area contributed by atoms with Gasteiger partial charge in [0, 0.05) is 63.0 Å². The molecule has 0 spiro atoms. The molecule has 5 amide bonds. The van der Waals surface area contributed by atoms with Gasteiger partial charge in [0.2, 0.25) is 12.3 Å². The zero-order valence-electron chi connectivity index (χ0n) is 34.3. The lowest BCUT2D eigenvalue weighted by atomic mass is 9.97. The van der Waals surface area contributed by atoms with Crippen LogP contribution in [0.1, 0.15) is 58.3 Å². The predicted molar refractivity (Wildman–Crippen MR) is 225 cm³/mol. The monoisotopic (exact) mass is 822 g/mol. The van der Waals surface area contributed by atoms with Gasteiger partial charge in [0.25, 0.3) is 11.8 Å². The number of hydrazone groups is 1. The number of piperazine rings is 1.